The van der Waals surface area contributed by atoms with Crippen molar-refractivity contribution >= 4 is 0 Å². The van der Waals surface area contributed by atoms with Crippen LogP contribution >= 0.6 is 0 Å². The molecule has 0 saturated carbocycles. The van der Waals surface area contributed by atoms with Crippen LogP contribution < -0.4 is 14.5 Å². The van der Waals surface area contributed by atoms with Crippen LogP contribution in [-0.4, -0.2) is 73.8 Å². The highest BCUT2D eigenvalue weighted by Gasteiger charge is 2.35. The summed E-state index contributed by atoms with van der Waals surface area (Å²) in [5.74, 6) is 1.74. The standard InChI is InChI=1S/C19H28N6O2/c1-4-9-23-10-12-24(13-11-23)18(16-5-7-17(27-3)8-6-16)19-20-21-22-25(19)14-15-26-2/h4-8,18H,1,9-15H2,2-3H3/p+2/t18-/m0/s1. The lowest BCUT2D eigenvalue weighted by molar-refractivity contribution is -1.02. The molecule has 1 atom stereocenters. The Labute approximate surface area is 160 Å². The highest BCUT2D eigenvalue weighted by atomic mass is 16.5. The van der Waals surface area contributed by atoms with Gasteiger partial charge in [0, 0.05) is 12.7 Å². The fraction of sp³-hybridized carbons (Fsp3) is 0.526. The average molecular weight is 374 g/mol. The molecule has 2 aromatic rings. The van der Waals surface area contributed by atoms with E-state index < -0.39 is 0 Å². The third-order valence-corrected chi connectivity index (χ3v) is 5.21. The van der Waals surface area contributed by atoms with E-state index in [0.717, 1.165) is 44.3 Å². The van der Waals surface area contributed by atoms with Gasteiger partial charge in [-0.2, -0.15) is 0 Å². The third kappa shape index (κ3) is 4.71. The van der Waals surface area contributed by atoms with Crippen LogP contribution in [0.2, 0.25) is 0 Å². The largest absolute Gasteiger partial charge is 0.497 e. The maximum absolute atomic E-state index is 5.32. The van der Waals surface area contributed by atoms with Gasteiger partial charge < -0.3 is 19.3 Å². The molecule has 2 heterocycles. The van der Waals surface area contributed by atoms with Crippen LogP contribution in [0.4, 0.5) is 0 Å². The Morgan fingerprint density at radius 1 is 1.19 bits per heavy atom. The molecule has 1 saturated heterocycles. The molecular formula is C19H30N6O2+2. The molecule has 1 aliphatic heterocycles. The second-order valence-electron chi connectivity index (χ2n) is 6.86. The fourth-order valence-electron chi connectivity index (χ4n) is 3.74. The van der Waals surface area contributed by atoms with E-state index >= 15 is 0 Å². The van der Waals surface area contributed by atoms with Gasteiger partial charge in [0.25, 0.3) is 0 Å². The zero-order chi connectivity index (χ0) is 19.1. The molecule has 3 rings (SSSR count). The van der Waals surface area contributed by atoms with Gasteiger partial charge in [0.05, 0.1) is 26.8 Å². The van der Waals surface area contributed by atoms with Crippen molar-refractivity contribution in [1.82, 2.24) is 20.2 Å². The summed E-state index contributed by atoms with van der Waals surface area (Å²) >= 11 is 0. The minimum atomic E-state index is 0.0908. The first-order chi connectivity index (χ1) is 13.3. The van der Waals surface area contributed by atoms with Gasteiger partial charge in [-0.05, 0) is 40.8 Å². The quantitative estimate of drug-likeness (QED) is 0.517. The van der Waals surface area contributed by atoms with E-state index in [0.29, 0.717) is 13.2 Å². The van der Waals surface area contributed by atoms with Crippen LogP contribution in [0.1, 0.15) is 17.4 Å². The van der Waals surface area contributed by atoms with E-state index in [-0.39, 0.29) is 6.04 Å². The lowest BCUT2D eigenvalue weighted by Gasteiger charge is -2.33. The van der Waals surface area contributed by atoms with E-state index in [9.17, 15) is 0 Å². The Balaban J connectivity index is 1.87. The third-order valence-electron chi connectivity index (χ3n) is 5.21. The number of benzene rings is 1. The predicted octanol–water partition coefficient (Wildman–Crippen LogP) is -1.61. The number of rotatable bonds is 9. The summed E-state index contributed by atoms with van der Waals surface area (Å²) in [5, 5.41) is 12.5. The van der Waals surface area contributed by atoms with Gasteiger partial charge in [-0.25, -0.2) is 4.68 Å². The monoisotopic (exact) mass is 374 g/mol. The molecule has 1 aromatic carbocycles. The van der Waals surface area contributed by atoms with Crippen LogP contribution in [0.5, 0.6) is 5.75 Å². The van der Waals surface area contributed by atoms with Gasteiger partial charge in [-0.15, -0.1) is 5.10 Å². The van der Waals surface area contributed by atoms with Crippen molar-refractivity contribution in [3.8, 4) is 5.75 Å². The second kappa shape index (κ2) is 9.59. The van der Waals surface area contributed by atoms with E-state index in [2.05, 4.69) is 34.2 Å². The Bertz CT molecular complexity index is 709. The number of nitrogens with one attached hydrogen (secondary N) is 2. The highest BCUT2D eigenvalue weighted by Crippen LogP contribution is 2.20. The van der Waals surface area contributed by atoms with Crippen LogP contribution in [-0.2, 0) is 11.3 Å². The first-order valence-electron chi connectivity index (χ1n) is 9.44. The predicted molar refractivity (Wildman–Crippen MR) is 101 cm³/mol. The van der Waals surface area contributed by atoms with Crippen molar-refractivity contribution < 1.29 is 19.3 Å². The van der Waals surface area contributed by atoms with Gasteiger partial charge in [0.1, 0.15) is 31.9 Å². The van der Waals surface area contributed by atoms with Gasteiger partial charge >= 0.3 is 0 Å². The molecule has 2 N–H and O–H groups in total. The maximum Gasteiger partial charge on any atom is 0.214 e. The summed E-state index contributed by atoms with van der Waals surface area (Å²) in [4.78, 5) is 3.07. The van der Waals surface area contributed by atoms with Crippen molar-refractivity contribution in [2.45, 2.75) is 12.6 Å². The molecule has 1 fully saturated rings. The summed E-state index contributed by atoms with van der Waals surface area (Å²) in [6.45, 7) is 10.5. The summed E-state index contributed by atoms with van der Waals surface area (Å²) in [5.41, 5.74) is 1.20. The Kier molecular flexibility index (Phi) is 6.92. The zero-order valence-electron chi connectivity index (χ0n) is 16.2. The number of hydrogen-bond acceptors (Lipinski definition) is 5. The fourth-order valence-corrected chi connectivity index (χ4v) is 3.74. The highest BCUT2D eigenvalue weighted by molar-refractivity contribution is 5.30. The Morgan fingerprint density at radius 3 is 2.56 bits per heavy atom. The molecule has 8 heteroatoms. The summed E-state index contributed by atoms with van der Waals surface area (Å²) in [6.07, 6.45) is 2.01. The van der Waals surface area contributed by atoms with E-state index in [1.165, 1.54) is 10.5 Å². The molecule has 0 spiro atoms. The van der Waals surface area contributed by atoms with Crippen LogP contribution in [0.15, 0.2) is 36.9 Å². The molecule has 0 aliphatic carbocycles. The number of methoxy groups -OCH3 is 2. The van der Waals surface area contributed by atoms with E-state index in [1.54, 1.807) is 19.1 Å². The Hall–Kier alpha value is -2.29. The number of nitrogens with zero attached hydrogens (tertiary/aromatic N) is 4. The molecule has 0 amide bonds. The molecule has 0 unspecified atom stereocenters. The first kappa shape index (κ1) is 19.5. The molecule has 1 aromatic heterocycles. The normalized spacial score (nSPS) is 21.0. The molecule has 1 aliphatic rings. The first-order valence-corrected chi connectivity index (χ1v) is 9.44. The minimum absolute atomic E-state index is 0.0908. The number of ether oxygens (including phenoxy) is 2. The molecular weight excluding hydrogens is 344 g/mol. The lowest BCUT2D eigenvalue weighted by Crippen LogP contribution is -3.28. The maximum atomic E-state index is 5.32. The zero-order valence-corrected chi connectivity index (χ0v) is 16.2. The Morgan fingerprint density at radius 2 is 1.93 bits per heavy atom. The van der Waals surface area contributed by atoms with Crippen molar-refractivity contribution in [3.63, 3.8) is 0 Å². The van der Waals surface area contributed by atoms with E-state index in [4.69, 9.17) is 9.47 Å². The number of aromatic nitrogens is 4. The van der Waals surface area contributed by atoms with Gasteiger partial charge in [-0.3, -0.25) is 0 Å². The van der Waals surface area contributed by atoms with Crippen molar-refractivity contribution in [2.24, 2.45) is 0 Å². The smallest absolute Gasteiger partial charge is 0.214 e. The summed E-state index contributed by atoms with van der Waals surface area (Å²) in [6, 6.07) is 8.34. The number of tetrazole rings is 1. The van der Waals surface area contributed by atoms with Crippen molar-refractivity contribution in [2.75, 3.05) is 53.6 Å². The van der Waals surface area contributed by atoms with Crippen molar-refractivity contribution in [1.29, 1.82) is 0 Å². The summed E-state index contributed by atoms with van der Waals surface area (Å²) < 4.78 is 12.4. The number of quaternary nitrogens is 2. The minimum Gasteiger partial charge on any atom is -0.497 e. The van der Waals surface area contributed by atoms with Gasteiger partial charge in [-0.1, -0.05) is 6.58 Å². The molecule has 146 valence electrons. The SMILES string of the molecule is C=CC[NH+]1CC[NH+]([C@@H](c2ccc(OC)cc2)c2nnnn2CCOC)CC1. The molecule has 8 nitrogen and oxygen atoms in total. The molecule has 0 bridgehead atoms. The van der Waals surface area contributed by atoms with E-state index in [1.807, 2.05) is 22.9 Å². The van der Waals surface area contributed by atoms with Gasteiger partial charge in [0.15, 0.2) is 6.04 Å². The lowest BCUT2D eigenvalue weighted by atomic mass is 10.0. The number of hydrogen-bond donors (Lipinski definition) is 2. The van der Waals surface area contributed by atoms with Crippen LogP contribution in [0, 0.1) is 0 Å². The second-order valence-corrected chi connectivity index (χ2v) is 6.86. The average Bonchev–Trinajstić information content (AvgIpc) is 3.17. The molecule has 27 heavy (non-hydrogen) atoms. The van der Waals surface area contributed by atoms with Crippen molar-refractivity contribution in [3.05, 3.63) is 48.3 Å². The summed E-state index contributed by atoms with van der Waals surface area (Å²) in [7, 11) is 3.38. The van der Waals surface area contributed by atoms with Gasteiger partial charge in [0.2, 0.25) is 5.82 Å². The van der Waals surface area contributed by atoms with Crippen LogP contribution in [0.3, 0.4) is 0 Å². The number of piperazine rings is 1. The van der Waals surface area contributed by atoms with Crippen LogP contribution in [0.25, 0.3) is 0 Å². The molecule has 0 radical (unpaired) electrons. The topological polar surface area (TPSA) is 70.9 Å².